The van der Waals surface area contributed by atoms with E-state index in [1.807, 2.05) is 0 Å². The van der Waals surface area contributed by atoms with Gasteiger partial charge in [-0.25, -0.2) is 0 Å². The summed E-state index contributed by atoms with van der Waals surface area (Å²) in [6.07, 6.45) is 8.04. The van der Waals surface area contributed by atoms with Crippen molar-refractivity contribution in [3.05, 3.63) is 0 Å². The van der Waals surface area contributed by atoms with Gasteiger partial charge in [0.25, 0.3) is 0 Å². The molecule has 1 fully saturated rings. The highest BCUT2D eigenvalue weighted by Crippen LogP contribution is 2.29. The third kappa shape index (κ3) is 3.18. The summed E-state index contributed by atoms with van der Waals surface area (Å²) in [5.74, 6) is 0. The Morgan fingerprint density at radius 3 is 2.13 bits per heavy atom. The summed E-state index contributed by atoms with van der Waals surface area (Å²) in [6.45, 7) is 6.57. The second-order valence-corrected chi connectivity index (χ2v) is 5.26. The molecule has 2 nitrogen and oxygen atoms in total. The van der Waals surface area contributed by atoms with Crippen molar-refractivity contribution in [1.29, 1.82) is 0 Å². The van der Waals surface area contributed by atoms with Gasteiger partial charge in [0.1, 0.15) is 0 Å². The zero-order valence-corrected chi connectivity index (χ0v) is 10.8. The van der Waals surface area contributed by atoms with Gasteiger partial charge in [-0.1, -0.05) is 26.7 Å². The fourth-order valence-corrected chi connectivity index (χ4v) is 2.83. The molecule has 1 aliphatic carbocycles. The van der Waals surface area contributed by atoms with Crippen molar-refractivity contribution in [1.82, 2.24) is 4.90 Å². The Kier molecular flexibility index (Phi) is 5.07. The maximum Gasteiger partial charge on any atom is 0.00924 e. The Morgan fingerprint density at radius 1 is 1.20 bits per heavy atom. The number of nitrogens with zero attached hydrogens (tertiary/aromatic N) is 1. The monoisotopic (exact) mass is 212 g/mol. The van der Waals surface area contributed by atoms with Gasteiger partial charge in [0.2, 0.25) is 0 Å². The minimum Gasteiger partial charge on any atom is -0.330 e. The van der Waals surface area contributed by atoms with E-state index in [0.717, 1.165) is 12.6 Å². The maximum absolute atomic E-state index is 5.95. The Bertz CT molecular complexity index is 161. The van der Waals surface area contributed by atoms with Gasteiger partial charge in [0.15, 0.2) is 0 Å². The van der Waals surface area contributed by atoms with Gasteiger partial charge in [-0.15, -0.1) is 0 Å². The maximum atomic E-state index is 5.95. The molecule has 1 aliphatic rings. The van der Waals surface area contributed by atoms with E-state index in [1.54, 1.807) is 0 Å². The zero-order valence-electron chi connectivity index (χ0n) is 10.8. The molecule has 2 heteroatoms. The molecule has 1 saturated carbocycles. The minimum absolute atomic E-state index is 0.358. The van der Waals surface area contributed by atoms with Crippen molar-refractivity contribution in [3.8, 4) is 0 Å². The van der Waals surface area contributed by atoms with Crippen LogP contribution in [-0.2, 0) is 0 Å². The fourth-order valence-electron chi connectivity index (χ4n) is 2.83. The summed E-state index contributed by atoms with van der Waals surface area (Å²) in [6, 6.07) is 0.828. The zero-order chi connectivity index (χ0) is 11.3. The molecule has 0 aromatic carbocycles. The minimum atomic E-state index is 0.358. The molecule has 0 aromatic rings. The van der Waals surface area contributed by atoms with Crippen LogP contribution in [0.1, 0.15) is 52.4 Å². The van der Waals surface area contributed by atoms with E-state index >= 15 is 0 Å². The van der Waals surface area contributed by atoms with Crippen LogP contribution in [0.2, 0.25) is 0 Å². The predicted octanol–water partition coefficient (Wildman–Crippen LogP) is 2.63. The molecule has 0 amide bonds. The first-order valence-corrected chi connectivity index (χ1v) is 6.57. The molecule has 90 valence electrons. The second-order valence-electron chi connectivity index (χ2n) is 5.26. The van der Waals surface area contributed by atoms with Crippen molar-refractivity contribution in [2.45, 2.75) is 58.4 Å². The van der Waals surface area contributed by atoms with Crippen LogP contribution in [0.3, 0.4) is 0 Å². The SMILES string of the molecule is CCC(CC)(CN)CN(C)C1CCCC1. The number of hydrogen-bond acceptors (Lipinski definition) is 2. The summed E-state index contributed by atoms with van der Waals surface area (Å²) in [7, 11) is 2.28. The summed E-state index contributed by atoms with van der Waals surface area (Å²) in [4.78, 5) is 2.56. The lowest BCUT2D eigenvalue weighted by molar-refractivity contribution is 0.131. The van der Waals surface area contributed by atoms with Crippen molar-refractivity contribution in [3.63, 3.8) is 0 Å². The van der Waals surface area contributed by atoms with Crippen LogP contribution >= 0.6 is 0 Å². The highest BCUT2D eigenvalue weighted by molar-refractivity contribution is 4.84. The molecule has 2 N–H and O–H groups in total. The van der Waals surface area contributed by atoms with E-state index in [4.69, 9.17) is 5.73 Å². The predicted molar refractivity (Wildman–Crippen MR) is 67.0 cm³/mol. The summed E-state index contributed by atoms with van der Waals surface area (Å²) < 4.78 is 0. The second kappa shape index (κ2) is 5.86. The lowest BCUT2D eigenvalue weighted by Crippen LogP contribution is -2.43. The van der Waals surface area contributed by atoms with Gasteiger partial charge in [-0.05, 0) is 44.7 Å². The van der Waals surface area contributed by atoms with E-state index in [0.29, 0.717) is 5.41 Å². The number of hydrogen-bond donors (Lipinski definition) is 1. The molecule has 0 atom stereocenters. The standard InChI is InChI=1S/C13H28N2/c1-4-13(5-2,10-14)11-15(3)12-8-6-7-9-12/h12H,4-11,14H2,1-3H3. The van der Waals surface area contributed by atoms with Crippen LogP contribution in [0.25, 0.3) is 0 Å². The Balaban J connectivity index is 2.49. The van der Waals surface area contributed by atoms with Gasteiger partial charge in [0, 0.05) is 12.6 Å². The summed E-state index contributed by atoms with van der Waals surface area (Å²) >= 11 is 0. The third-order valence-corrected chi connectivity index (χ3v) is 4.47. The molecule has 0 spiro atoms. The summed E-state index contributed by atoms with van der Waals surface area (Å²) in [5, 5.41) is 0. The topological polar surface area (TPSA) is 29.3 Å². The summed E-state index contributed by atoms with van der Waals surface area (Å²) in [5.41, 5.74) is 6.31. The van der Waals surface area contributed by atoms with Crippen molar-refractivity contribution >= 4 is 0 Å². The largest absolute Gasteiger partial charge is 0.330 e. The first-order chi connectivity index (χ1) is 7.17. The van der Waals surface area contributed by atoms with E-state index in [2.05, 4.69) is 25.8 Å². The first kappa shape index (κ1) is 13.0. The van der Waals surface area contributed by atoms with E-state index in [9.17, 15) is 0 Å². The van der Waals surface area contributed by atoms with Crippen LogP contribution < -0.4 is 5.73 Å². The average molecular weight is 212 g/mol. The Morgan fingerprint density at radius 2 is 1.73 bits per heavy atom. The third-order valence-electron chi connectivity index (χ3n) is 4.47. The lowest BCUT2D eigenvalue weighted by Gasteiger charge is -2.37. The van der Waals surface area contributed by atoms with Gasteiger partial charge < -0.3 is 10.6 Å². The van der Waals surface area contributed by atoms with Crippen LogP contribution in [0.5, 0.6) is 0 Å². The smallest absolute Gasteiger partial charge is 0.00924 e. The first-order valence-electron chi connectivity index (χ1n) is 6.57. The molecule has 1 rings (SSSR count). The van der Waals surface area contributed by atoms with Crippen LogP contribution in [0.4, 0.5) is 0 Å². The van der Waals surface area contributed by atoms with Gasteiger partial charge in [-0.2, -0.15) is 0 Å². The molecule has 0 unspecified atom stereocenters. The van der Waals surface area contributed by atoms with Crippen molar-refractivity contribution in [2.75, 3.05) is 20.1 Å². The fraction of sp³-hybridized carbons (Fsp3) is 1.00. The molecular formula is C13H28N2. The quantitative estimate of drug-likeness (QED) is 0.733. The average Bonchev–Trinajstić information content (AvgIpc) is 2.79. The van der Waals surface area contributed by atoms with Crippen molar-refractivity contribution < 1.29 is 0 Å². The molecule has 0 saturated heterocycles. The highest BCUT2D eigenvalue weighted by atomic mass is 15.1. The molecular weight excluding hydrogens is 184 g/mol. The lowest BCUT2D eigenvalue weighted by atomic mass is 9.81. The van der Waals surface area contributed by atoms with E-state index in [1.165, 1.54) is 45.1 Å². The van der Waals surface area contributed by atoms with Gasteiger partial charge in [-0.3, -0.25) is 0 Å². The normalized spacial score (nSPS) is 19.0. The molecule has 15 heavy (non-hydrogen) atoms. The molecule has 0 bridgehead atoms. The van der Waals surface area contributed by atoms with Crippen LogP contribution in [0, 0.1) is 5.41 Å². The number of rotatable bonds is 6. The molecule has 0 heterocycles. The van der Waals surface area contributed by atoms with Crippen LogP contribution in [-0.4, -0.2) is 31.1 Å². The van der Waals surface area contributed by atoms with Crippen LogP contribution in [0.15, 0.2) is 0 Å². The number of nitrogens with two attached hydrogens (primary N) is 1. The van der Waals surface area contributed by atoms with E-state index in [-0.39, 0.29) is 0 Å². The molecule has 0 radical (unpaired) electrons. The molecule has 0 aromatic heterocycles. The van der Waals surface area contributed by atoms with Gasteiger partial charge >= 0.3 is 0 Å². The van der Waals surface area contributed by atoms with E-state index < -0.39 is 0 Å². The Labute approximate surface area is 95.2 Å². The van der Waals surface area contributed by atoms with Crippen molar-refractivity contribution in [2.24, 2.45) is 11.1 Å². The molecule has 0 aliphatic heterocycles. The Hall–Kier alpha value is -0.0800. The van der Waals surface area contributed by atoms with Gasteiger partial charge in [0.05, 0.1) is 0 Å². The highest BCUT2D eigenvalue weighted by Gasteiger charge is 2.29.